The lowest BCUT2D eigenvalue weighted by Gasteiger charge is -2.12. The summed E-state index contributed by atoms with van der Waals surface area (Å²) in [6.07, 6.45) is 1.66. The SMILES string of the molecule is Cc1cc2c(N3CCNC3=O)nccc2o1. The standard InChI is InChI=1S/C11H11N3O2/c1-7-6-8-9(16-7)2-3-12-10(8)14-5-4-13-11(14)15/h2-3,6H,4-5H2,1H3,(H,13,15). The first kappa shape index (κ1) is 9.21. The smallest absolute Gasteiger partial charge is 0.323 e. The molecule has 1 aliphatic rings. The molecule has 0 atom stereocenters. The summed E-state index contributed by atoms with van der Waals surface area (Å²) in [6.45, 7) is 3.19. The first-order valence-corrected chi connectivity index (χ1v) is 5.16. The van der Waals surface area contributed by atoms with Gasteiger partial charge in [-0.1, -0.05) is 0 Å². The van der Waals surface area contributed by atoms with Crippen LogP contribution in [0.2, 0.25) is 0 Å². The Balaban J connectivity index is 2.18. The molecule has 3 rings (SSSR count). The number of furan rings is 1. The van der Waals surface area contributed by atoms with Crippen LogP contribution in [0.1, 0.15) is 5.76 Å². The first-order valence-electron chi connectivity index (χ1n) is 5.16. The summed E-state index contributed by atoms with van der Waals surface area (Å²) in [4.78, 5) is 17.5. The van der Waals surface area contributed by atoms with Gasteiger partial charge in [0.2, 0.25) is 0 Å². The van der Waals surface area contributed by atoms with E-state index in [1.165, 1.54) is 0 Å². The maximum atomic E-state index is 11.6. The summed E-state index contributed by atoms with van der Waals surface area (Å²) in [6, 6.07) is 3.61. The molecule has 0 spiro atoms. The number of urea groups is 1. The number of anilines is 1. The predicted octanol–water partition coefficient (Wildman–Crippen LogP) is 1.67. The Kier molecular flexibility index (Phi) is 1.86. The molecule has 1 aliphatic heterocycles. The molecule has 0 saturated carbocycles. The topological polar surface area (TPSA) is 58.4 Å². The second-order valence-electron chi connectivity index (χ2n) is 3.79. The minimum atomic E-state index is -0.0983. The quantitative estimate of drug-likeness (QED) is 0.790. The van der Waals surface area contributed by atoms with Gasteiger partial charge in [-0.2, -0.15) is 0 Å². The molecule has 0 radical (unpaired) electrons. The van der Waals surface area contributed by atoms with Crippen LogP contribution in [0.4, 0.5) is 10.6 Å². The predicted molar refractivity (Wildman–Crippen MR) is 59.5 cm³/mol. The van der Waals surface area contributed by atoms with Crippen LogP contribution in [-0.4, -0.2) is 24.1 Å². The lowest BCUT2D eigenvalue weighted by Crippen LogP contribution is -2.28. The minimum Gasteiger partial charge on any atom is -0.461 e. The molecule has 0 aliphatic carbocycles. The molecule has 0 unspecified atom stereocenters. The minimum absolute atomic E-state index is 0.0983. The van der Waals surface area contributed by atoms with Crippen molar-refractivity contribution >= 4 is 22.8 Å². The van der Waals surface area contributed by atoms with Crippen LogP contribution in [0.25, 0.3) is 11.0 Å². The summed E-state index contributed by atoms with van der Waals surface area (Å²) in [7, 11) is 0. The van der Waals surface area contributed by atoms with Gasteiger partial charge < -0.3 is 9.73 Å². The van der Waals surface area contributed by atoms with Crippen molar-refractivity contribution in [1.29, 1.82) is 0 Å². The van der Waals surface area contributed by atoms with Crippen molar-refractivity contribution in [3.8, 4) is 0 Å². The summed E-state index contributed by atoms with van der Waals surface area (Å²) < 4.78 is 5.50. The molecule has 2 amide bonds. The number of nitrogens with one attached hydrogen (secondary N) is 1. The van der Waals surface area contributed by atoms with E-state index in [1.807, 2.05) is 13.0 Å². The van der Waals surface area contributed by atoms with Crippen LogP contribution in [0.3, 0.4) is 0 Å². The molecule has 3 heterocycles. The second kappa shape index (κ2) is 3.23. The molecule has 1 N–H and O–H groups in total. The first-order chi connectivity index (χ1) is 7.75. The zero-order valence-corrected chi connectivity index (χ0v) is 8.86. The third-order valence-corrected chi connectivity index (χ3v) is 2.66. The summed E-state index contributed by atoms with van der Waals surface area (Å²) in [5.41, 5.74) is 0.766. The Morgan fingerprint density at radius 2 is 2.44 bits per heavy atom. The van der Waals surface area contributed by atoms with Crippen molar-refractivity contribution in [1.82, 2.24) is 10.3 Å². The highest BCUT2D eigenvalue weighted by molar-refractivity contribution is 6.01. The van der Waals surface area contributed by atoms with Crippen LogP contribution in [-0.2, 0) is 0 Å². The molecule has 1 saturated heterocycles. The number of pyridine rings is 1. The van der Waals surface area contributed by atoms with Gasteiger partial charge in [-0.05, 0) is 19.1 Å². The molecule has 0 bridgehead atoms. The number of fused-ring (bicyclic) bond motifs is 1. The van der Waals surface area contributed by atoms with Crippen LogP contribution >= 0.6 is 0 Å². The molecule has 0 aromatic carbocycles. The number of carbonyl (C=O) groups excluding carboxylic acids is 1. The second-order valence-corrected chi connectivity index (χ2v) is 3.79. The van der Waals surface area contributed by atoms with Crippen molar-refractivity contribution in [2.75, 3.05) is 18.0 Å². The normalized spacial score (nSPS) is 15.8. The zero-order chi connectivity index (χ0) is 11.1. The lowest BCUT2D eigenvalue weighted by molar-refractivity contribution is 0.252. The van der Waals surface area contributed by atoms with Crippen LogP contribution in [0.15, 0.2) is 22.7 Å². The molecule has 16 heavy (non-hydrogen) atoms. The summed E-state index contributed by atoms with van der Waals surface area (Å²) in [5, 5.41) is 3.64. The van der Waals surface area contributed by atoms with E-state index in [9.17, 15) is 4.79 Å². The number of aromatic nitrogens is 1. The average molecular weight is 217 g/mol. The van der Waals surface area contributed by atoms with E-state index in [-0.39, 0.29) is 6.03 Å². The highest BCUT2D eigenvalue weighted by Gasteiger charge is 2.24. The van der Waals surface area contributed by atoms with Gasteiger partial charge in [0.05, 0.1) is 5.39 Å². The van der Waals surface area contributed by atoms with Crippen molar-refractivity contribution in [3.05, 3.63) is 24.1 Å². The van der Waals surface area contributed by atoms with Crippen LogP contribution in [0, 0.1) is 6.92 Å². The Morgan fingerprint density at radius 1 is 1.56 bits per heavy atom. The maximum Gasteiger partial charge on any atom is 0.323 e. The van der Waals surface area contributed by atoms with Gasteiger partial charge in [0.1, 0.15) is 17.2 Å². The summed E-state index contributed by atoms with van der Waals surface area (Å²) in [5.74, 6) is 1.49. The van der Waals surface area contributed by atoms with Gasteiger partial charge in [0.25, 0.3) is 0 Å². The number of amides is 2. The van der Waals surface area contributed by atoms with E-state index in [2.05, 4.69) is 10.3 Å². The number of hydrogen-bond donors (Lipinski definition) is 1. The Morgan fingerprint density at radius 3 is 3.19 bits per heavy atom. The molecule has 2 aromatic rings. The van der Waals surface area contributed by atoms with Gasteiger partial charge in [-0.25, -0.2) is 9.78 Å². The third kappa shape index (κ3) is 1.25. The van der Waals surface area contributed by atoms with Crippen molar-refractivity contribution in [3.63, 3.8) is 0 Å². The van der Waals surface area contributed by atoms with Crippen LogP contribution in [0.5, 0.6) is 0 Å². The Labute approximate surface area is 92.1 Å². The number of carbonyl (C=O) groups is 1. The maximum absolute atomic E-state index is 11.6. The number of rotatable bonds is 1. The van der Waals surface area contributed by atoms with Gasteiger partial charge in [0, 0.05) is 19.3 Å². The molecule has 5 heteroatoms. The lowest BCUT2D eigenvalue weighted by atomic mass is 10.3. The molecular weight excluding hydrogens is 206 g/mol. The number of nitrogens with zero attached hydrogens (tertiary/aromatic N) is 2. The zero-order valence-electron chi connectivity index (χ0n) is 8.86. The van der Waals surface area contributed by atoms with E-state index >= 15 is 0 Å². The van der Waals surface area contributed by atoms with E-state index in [0.29, 0.717) is 18.9 Å². The molecule has 5 nitrogen and oxygen atoms in total. The van der Waals surface area contributed by atoms with Gasteiger partial charge in [0.15, 0.2) is 0 Å². The monoisotopic (exact) mass is 217 g/mol. The summed E-state index contributed by atoms with van der Waals surface area (Å²) >= 11 is 0. The molecule has 2 aromatic heterocycles. The highest BCUT2D eigenvalue weighted by atomic mass is 16.3. The van der Waals surface area contributed by atoms with Crippen molar-refractivity contribution in [2.45, 2.75) is 6.92 Å². The Hall–Kier alpha value is -2.04. The fraction of sp³-hybridized carbons (Fsp3) is 0.273. The van der Waals surface area contributed by atoms with E-state index in [4.69, 9.17) is 4.42 Å². The van der Waals surface area contributed by atoms with Crippen molar-refractivity contribution in [2.24, 2.45) is 0 Å². The van der Waals surface area contributed by atoms with E-state index in [0.717, 1.165) is 16.7 Å². The molecular formula is C11H11N3O2. The average Bonchev–Trinajstić information content (AvgIpc) is 2.82. The molecule has 82 valence electrons. The van der Waals surface area contributed by atoms with E-state index < -0.39 is 0 Å². The van der Waals surface area contributed by atoms with Crippen LogP contribution < -0.4 is 10.2 Å². The Bertz CT molecular complexity index is 561. The van der Waals surface area contributed by atoms with Gasteiger partial charge in [-0.15, -0.1) is 0 Å². The fourth-order valence-corrected chi connectivity index (χ4v) is 1.96. The third-order valence-electron chi connectivity index (χ3n) is 2.66. The number of hydrogen-bond acceptors (Lipinski definition) is 3. The fourth-order valence-electron chi connectivity index (χ4n) is 1.96. The highest BCUT2D eigenvalue weighted by Crippen LogP contribution is 2.27. The van der Waals surface area contributed by atoms with Crippen molar-refractivity contribution < 1.29 is 9.21 Å². The number of aryl methyl sites for hydroxylation is 1. The van der Waals surface area contributed by atoms with E-state index in [1.54, 1.807) is 17.2 Å². The van der Waals surface area contributed by atoms with Gasteiger partial charge >= 0.3 is 6.03 Å². The van der Waals surface area contributed by atoms with Gasteiger partial charge in [-0.3, -0.25) is 4.90 Å². The largest absolute Gasteiger partial charge is 0.461 e. The molecule has 1 fully saturated rings.